The molecule has 1 aliphatic carbocycles. The number of ether oxygens (including phenoxy) is 1. The van der Waals surface area contributed by atoms with Crippen LogP contribution in [0.2, 0.25) is 0 Å². The third-order valence-electron chi connectivity index (χ3n) is 5.39. The molecule has 3 fully saturated rings. The lowest BCUT2D eigenvalue weighted by molar-refractivity contribution is -0.128. The van der Waals surface area contributed by atoms with E-state index >= 15 is 0 Å². The first-order valence-corrected chi connectivity index (χ1v) is 8.97. The Morgan fingerprint density at radius 2 is 2.04 bits per heavy atom. The lowest BCUT2D eigenvalue weighted by atomic mass is 9.99. The van der Waals surface area contributed by atoms with Gasteiger partial charge in [0.15, 0.2) is 0 Å². The molecule has 23 heavy (non-hydrogen) atoms. The quantitative estimate of drug-likeness (QED) is 0.871. The maximum atomic E-state index is 12.4. The summed E-state index contributed by atoms with van der Waals surface area (Å²) in [5.74, 6) is 1.01. The van der Waals surface area contributed by atoms with Gasteiger partial charge < -0.3 is 10.1 Å². The van der Waals surface area contributed by atoms with Crippen LogP contribution in [0.5, 0.6) is 0 Å². The molecule has 4 nitrogen and oxygen atoms in total. The first-order valence-electron chi connectivity index (χ1n) is 8.97. The highest BCUT2D eigenvalue weighted by Crippen LogP contribution is 2.33. The standard InChI is InChI=1S/C19H26N2O2/c22-19(20-11-15-6-7-15)17-10-16-12-21(13-18(17)23-16)9-8-14-4-2-1-3-5-14/h1-5,15-18H,6-13H2,(H,20,22). The van der Waals surface area contributed by atoms with E-state index < -0.39 is 0 Å². The van der Waals surface area contributed by atoms with Gasteiger partial charge >= 0.3 is 0 Å². The van der Waals surface area contributed by atoms with E-state index in [1.807, 2.05) is 0 Å². The van der Waals surface area contributed by atoms with Crippen molar-refractivity contribution in [3.63, 3.8) is 0 Å². The average molecular weight is 314 g/mol. The van der Waals surface area contributed by atoms with E-state index in [0.29, 0.717) is 0 Å². The molecule has 0 spiro atoms. The van der Waals surface area contributed by atoms with Crippen molar-refractivity contribution >= 4 is 5.91 Å². The van der Waals surface area contributed by atoms with Gasteiger partial charge in [0.2, 0.25) is 5.91 Å². The fourth-order valence-electron chi connectivity index (χ4n) is 3.83. The van der Waals surface area contributed by atoms with Crippen molar-refractivity contribution in [3.05, 3.63) is 35.9 Å². The fourth-order valence-corrected chi connectivity index (χ4v) is 3.83. The van der Waals surface area contributed by atoms with E-state index in [2.05, 4.69) is 40.5 Å². The SMILES string of the molecule is O=C(NCC1CC1)C1CC2CN(CCc3ccccc3)CC1O2. The Hall–Kier alpha value is -1.39. The summed E-state index contributed by atoms with van der Waals surface area (Å²) < 4.78 is 6.03. The molecule has 3 atom stereocenters. The van der Waals surface area contributed by atoms with Gasteiger partial charge in [-0.15, -0.1) is 0 Å². The molecule has 0 aromatic heterocycles. The molecule has 1 N–H and O–H groups in total. The van der Waals surface area contributed by atoms with E-state index in [1.165, 1.54) is 18.4 Å². The summed E-state index contributed by atoms with van der Waals surface area (Å²) in [6.45, 7) is 3.78. The third kappa shape index (κ3) is 3.75. The Kier molecular flexibility index (Phi) is 4.36. The summed E-state index contributed by atoms with van der Waals surface area (Å²) in [5.41, 5.74) is 1.38. The number of nitrogens with zero attached hydrogens (tertiary/aromatic N) is 1. The Labute approximate surface area is 138 Å². The van der Waals surface area contributed by atoms with Crippen LogP contribution in [0.15, 0.2) is 30.3 Å². The lowest BCUT2D eigenvalue weighted by Crippen LogP contribution is -2.46. The number of morpholine rings is 1. The third-order valence-corrected chi connectivity index (χ3v) is 5.39. The number of amides is 1. The van der Waals surface area contributed by atoms with Crippen molar-refractivity contribution in [3.8, 4) is 0 Å². The zero-order valence-corrected chi connectivity index (χ0v) is 13.6. The minimum atomic E-state index is 0.0560. The maximum Gasteiger partial charge on any atom is 0.225 e. The molecule has 3 aliphatic rings. The lowest BCUT2D eigenvalue weighted by Gasteiger charge is -2.32. The molecule has 2 aliphatic heterocycles. The zero-order valence-electron chi connectivity index (χ0n) is 13.6. The van der Waals surface area contributed by atoms with Crippen LogP contribution in [0, 0.1) is 11.8 Å². The number of fused-ring (bicyclic) bond motifs is 2. The van der Waals surface area contributed by atoms with Gasteiger partial charge in [-0.2, -0.15) is 0 Å². The van der Waals surface area contributed by atoms with Gasteiger partial charge in [0, 0.05) is 26.2 Å². The topological polar surface area (TPSA) is 41.6 Å². The van der Waals surface area contributed by atoms with Crippen molar-refractivity contribution in [1.29, 1.82) is 0 Å². The number of hydrogen-bond acceptors (Lipinski definition) is 3. The monoisotopic (exact) mass is 314 g/mol. The number of hydrogen-bond donors (Lipinski definition) is 1. The highest BCUT2D eigenvalue weighted by atomic mass is 16.5. The van der Waals surface area contributed by atoms with Crippen molar-refractivity contribution in [2.75, 3.05) is 26.2 Å². The van der Waals surface area contributed by atoms with Gasteiger partial charge in [0.1, 0.15) is 0 Å². The van der Waals surface area contributed by atoms with Crippen molar-refractivity contribution in [1.82, 2.24) is 10.2 Å². The van der Waals surface area contributed by atoms with Crippen LogP contribution >= 0.6 is 0 Å². The van der Waals surface area contributed by atoms with Crippen LogP contribution in [0.1, 0.15) is 24.8 Å². The molecule has 2 heterocycles. The molecular weight excluding hydrogens is 288 g/mol. The second-order valence-electron chi connectivity index (χ2n) is 7.32. The van der Waals surface area contributed by atoms with E-state index in [4.69, 9.17) is 4.74 Å². The van der Waals surface area contributed by atoms with Crippen LogP contribution in [0.4, 0.5) is 0 Å². The molecule has 3 unspecified atom stereocenters. The van der Waals surface area contributed by atoms with E-state index in [0.717, 1.165) is 44.9 Å². The van der Waals surface area contributed by atoms with E-state index in [9.17, 15) is 4.79 Å². The van der Waals surface area contributed by atoms with Crippen LogP contribution in [-0.4, -0.2) is 49.2 Å². The first kappa shape index (κ1) is 15.2. The predicted octanol–water partition coefficient (Wildman–Crippen LogP) is 1.84. The number of benzene rings is 1. The molecule has 0 radical (unpaired) electrons. The predicted molar refractivity (Wildman–Crippen MR) is 89.1 cm³/mol. The van der Waals surface area contributed by atoms with Gasteiger partial charge in [-0.05, 0) is 37.2 Å². The molecule has 1 saturated carbocycles. The summed E-state index contributed by atoms with van der Waals surface area (Å²) in [6.07, 6.45) is 4.84. The number of rotatable bonds is 6. The minimum Gasteiger partial charge on any atom is -0.371 e. The normalized spacial score (nSPS) is 30.3. The van der Waals surface area contributed by atoms with Crippen LogP contribution in [0.3, 0.4) is 0 Å². The molecule has 124 valence electrons. The number of carbonyl (C=O) groups excluding carboxylic acids is 1. The Bertz CT molecular complexity index is 544. The van der Waals surface area contributed by atoms with Crippen molar-refractivity contribution < 1.29 is 9.53 Å². The Morgan fingerprint density at radius 1 is 1.22 bits per heavy atom. The molecule has 1 aromatic carbocycles. The van der Waals surface area contributed by atoms with Crippen molar-refractivity contribution in [2.24, 2.45) is 11.8 Å². The fraction of sp³-hybridized carbons (Fsp3) is 0.632. The van der Waals surface area contributed by atoms with Crippen molar-refractivity contribution in [2.45, 2.75) is 37.9 Å². The molecule has 1 amide bonds. The number of nitrogens with one attached hydrogen (secondary N) is 1. The molecule has 1 aromatic rings. The van der Waals surface area contributed by atoms with Crippen LogP contribution < -0.4 is 5.32 Å². The summed E-state index contributed by atoms with van der Waals surface area (Å²) in [6, 6.07) is 10.6. The maximum absolute atomic E-state index is 12.4. The average Bonchev–Trinajstić information content (AvgIpc) is 3.36. The number of likely N-dealkylation sites (tertiary alicyclic amines) is 1. The molecule has 2 bridgehead atoms. The zero-order chi connectivity index (χ0) is 15.6. The van der Waals surface area contributed by atoms with E-state index in [-0.39, 0.29) is 24.0 Å². The minimum absolute atomic E-state index is 0.0560. The smallest absolute Gasteiger partial charge is 0.225 e. The summed E-state index contributed by atoms with van der Waals surface area (Å²) >= 11 is 0. The molecular formula is C19H26N2O2. The summed E-state index contributed by atoms with van der Waals surface area (Å²) in [5, 5.41) is 3.13. The number of carbonyl (C=O) groups is 1. The second-order valence-corrected chi connectivity index (χ2v) is 7.32. The first-order chi connectivity index (χ1) is 11.3. The van der Waals surface area contributed by atoms with Gasteiger partial charge in [-0.3, -0.25) is 9.69 Å². The van der Waals surface area contributed by atoms with Gasteiger partial charge in [0.05, 0.1) is 18.1 Å². The molecule has 4 heteroatoms. The largest absolute Gasteiger partial charge is 0.371 e. The van der Waals surface area contributed by atoms with Crippen LogP contribution in [-0.2, 0) is 16.0 Å². The second kappa shape index (κ2) is 6.62. The molecule has 2 saturated heterocycles. The van der Waals surface area contributed by atoms with Gasteiger partial charge in [-0.1, -0.05) is 30.3 Å². The van der Waals surface area contributed by atoms with Gasteiger partial charge in [0.25, 0.3) is 0 Å². The summed E-state index contributed by atoms with van der Waals surface area (Å²) in [7, 11) is 0. The molecule has 4 rings (SSSR count). The Balaban J connectivity index is 1.28. The highest BCUT2D eigenvalue weighted by Gasteiger charge is 2.44. The van der Waals surface area contributed by atoms with E-state index in [1.54, 1.807) is 0 Å². The van der Waals surface area contributed by atoms with Gasteiger partial charge in [-0.25, -0.2) is 0 Å². The Morgan fingerprint density at radius 3 is 2.83 bits per heavy atom. The highest BCUT2D eigenvalue weighted by molar-refractivity contribution is 5.79. The van der Waals surface area contributed by atoms with Crippen LogP contribution in [0.25, 0.3) is 0 Å². The summed E-state index contributed by atoms with van der Waals surface area (Å²) in [4.78, 5) is 14.9.